The zero-order valence-corrected chi connectivity index (χ0v) is 12.7. The molecular formula is C16H27N3. The minimum atomic E-state index is 0.114. The molecular weight excluding hydrogens is 234 g/mol. The fourth-order valence-corrected chi connectivity index (χ4v) is 3.32. The van der Waals surface area contributed by atoms with Crippen LogP contribution in [0.1, 0.15) is 50.3 Å². The molecule has 1 unspecified atom stereocenters. The van der Waals surface area contributed by atoms with Gasteiger partial charge in [0, 0.05) is 17.9 Å². The van der Waals surface area contributed by atoms with Crippen LogP contribution < -0.4 is 5.32 Å². The third-order valence-electron chi connectivity index (χ3n) is 4.56. The van der Waals surface area contributed by atoms with Crippen LogP contribution >= 0.6 is 0 Å². The van der Waals surface area contributed by atoms with Crippen molar-refractivity contribution in [2.24, 2.45) is 0 Å². The van der Waals surface area contributed by atoms with Gasteiger partial charge in [0.1, 0.15) is 0 Å². The highest BCUT2D eigenvalue weighted by Gasteiger charge is 2.36. The third-order valence-corrected chi connectivity index (χ3v) is 4.56. The molecule has 106 valence electrons. The van der Waals surface area contributed by atoms with Crippen molar-refractivity contribution in [2.75, 3.05) is 20.1 Å². The van der Waals surface area contributed by atoms with E-state index in [0.717, 1.165) is 0 Å². The fourth-order valence-electron chi connectivity index (χ4n) is 3.32. The van der Waals surface area contributed by atoms with E-state index in [1.807, 2.05) is 12.4 Å². The Morgan fingerprint density at radius 3 is 2.53 bits per heavy atom. The van der Waals surface area contributed by atoms with Crippen molar-refractivity contribution in [1.29, 1.82) is 0 Å². The minimum absolute atomic E-state index is 0.114. The molecule has 2 heterocycles. The van der Waals surface area contributed by atoms with Crippen LogP contribution in [-0.4, -0.2) is 35.6 Å². The Kier molecular flexibility index (Phi) is 4.58. The Hall–Kier alpha value is -0.930. The van der Waals surface area contributed by atoms with Crippen LogP contribution in [0.15, 0.2) is 18.5 Å². The average Bonchev–Trinajstić information content (AvgIpc) is 2.42. The van der Waals surface area contributed by atoms with E-state index in [1.165, 1.54) is 43.5 Å². The van der Waals surface area contributed by atoms with E-state index < -0.39 is 0 Å². The normalized spacial score (nSPS) is 19.4. The summed E-state index contributed by atoms with van der Waals surface area (Å²) in [5.74, 6) is 0. The summed E-state index contributed by atoms with van der Waals surface area (Å²) in [6.45, 7) is 9.31. The standard InChI is InChI=1S/C16H27N3/c1-13-8-9-18-12-14(13)15(17-4)16(2,3)19-10-6-5-7-11-19/h8-9,12,15,17H,5-7,10-11H2,1-4H3. The van der Waals surface area contributed by atoms with Gasteiger partial charge in [-0.05, 0) is 70.9 Å². The SMILES string of the molecule is CNC(c1cnccc1C)C(C)(C)N1CCCCC1. The predicted molar refractivity (Wildman–Crippen MR) is 80.3 cm³/mol. The number of aryl methyl sites for hydroxylation is 1. The number of likely N-dealkylation sites (N-methyl/N-ethyl adjacent to an activating group) is 1. The van der Waals surface area contributed by atoms with Crippen LogP contribution in [0.25, 0.3) is 0 Å². The molecule has 0 amide bonds. The number of aromatic nitrogens is 1. The third kappa shape index (κ3) is 2.98. The van der Waals surface area contributed by atoms with Gasteiger partial charge < -0.3 is 5.32 Å². The summed E-state index contributed by atoms with van der Waals surface area (Å²) in [4.78, 5) is 6.94. The molecule has 0 radical (unpaired) electrons. The second-order valence-corrected chi connectivity index (χ2v) is 6.16. The average molecular weight is 261 g/mol. The van der Waals surface area contributed by atoms with Gasteiger partial charge in [-0.3, -0.25) is 9.88 Å². The molecule has 0 aliphatic carbocycles. The number of nitrogens with one attached hydrogen (secondary N) is 1. The summed E-state index contributed by atoms with van der Waals surface area (Å²) >= 11 is 0. The number of likely N-dealkylation sites (tertiary alicyclic amines) is 1. The summed E-state index contributed by atoms with van der Waals surface area (Å²) in [6.07, 6.45) is 7.92. The molecule has 0 aromatic carbocycles. The maximum Gasteiger partial charge on any atom is 0.0517 e. The zero-order valence-electron chi connectivity index (χ0n) is 12.7. The highest BCUT2D eigenvalue weighted by atomic mass is 15.2. The lowest BCUT2D eigenvalue weighted by Gasteiger charge is -2.46. The minimum Gasteiger partial charge on any atom is -0.311 e. The van der Waals surface area contributed by atoms with Crippen molar-refractivity contribution in [3.8, 4) is 0 Å². The Morgan fingerprint density at radius 1 is 1.26 bits per heavy atom. The number of pyridine rings is 1. The maximum absolute atomic E-state index is 4.31. The van der Waals surface area contributed by atoms with Gasteiger partial charge in [-0.25, -0.2) is 0 Å². The van der Waals surface area contributed by atoms with E-state index >= 15 is 0 Å². The lowest BCUT2D eigenvalue weighted by molar-refractivity contribution is 0.0630. The molecule has 0 bridgehead atoms. The summed E-state index contributed by atoms with van der Waals surface area (Å²) in [5, 5.41) is 3.52. The molecule has 1 aliphatic heterocycles. The van der Waals surface area contributed by atoms with Crippen molar-refractivity contribution in [3.63, 3.8) is 0 Å². The molecule has 0 spiro atoms. The quantitative estimate of drug-likeness (QED) is 0.903. The van der Waals surface area contributed by atoms with Crippen LogP contribution in [0.4, 0.5) is 0 Å². The number of piperidine rings is 1. The summed E-state index contributed by atoms with van der Waals surface area (Å²) in [7, 11) is 2.06. The Morgan fingerprint density at radius 2 is 1.95 bits per heavy atom. The van der Waals surface area contributed by atoms with Gasteiger partial charge in [0.2, 0.25) is 0 Å². The first-order chi connectivity index (χ1) is 9.07. The Labute approximate surface area is 117 Å². The van der Waals surface area contributed by atoms with Crippen LogP contribution in [-0.2, 0) is 0 Å². The van der Waals surface area contributed by atoms with E-state index in [2.05, 4.69) is 49.1 Å². The van der Waals surface area contributed by atoms with E-state index in [4.69, 9.17) is 0 Å². The van der Waals surface area contributed by atoms with Crippen LogP contribution in [0.3, 0.4) is 0 Å². The summed E-state index contributed by atoms with van der Waals surface area (Å²) < 4.78 is 0. The molecule has 1 fully saturated rings. The molecule has 19 heavy (non-hydrogen) atoms. The fraction of sp³-hybridized carbons (Fsp3) is 0.688. The van der Waals surface area contributed by atoms with E-state index in [1.54, 1.807) is 0 Å². The molecule has 1 N–H and O–H groups in total. The Bertz CT molecular complexity index is 408. The van der Waals surface area contributed by atoms with Crippen molar-refractivity contribution in [3.05, 3.63) is 29.6 Å². The lowest BCUT2D eigenvalue weighted by Crippen LogP contribution is -2.53. The number of nitrogens with zero attached hydrogens (tertiary/aromatic N) is 2. The van der Waals surface area contributed by atoms with Gasteiger partial charge in [0.25, 0.3) is 0 Å². The first-order valence-corrected chi connectivity index (χ1v) is 7.40. The van der Waals surface area contributed by atoms with Gasteiger partial charge in [0.15, 0.2) is 0 Å². The summed E-state index contributed by atoms with van der Waals surface area (Å²) in [5.41, 5.74) is 2.75. The second-order valence-electron chi connectivity index (χ2n) is 6.16. The van der Waals surface area contributed by atoms with Crippen LogP contribution in [0, 0.1) is 6.92 Å². The molecule has 2 rings (SSSR count). The number of hydrogen-bond donors (Lipinski definition) is 1. The molecule has 1 aliphatic rings. The highest BCUT2D eigenvalue weighted by Crippen LogP contribution is 2.33. The monoisotopic (exact) mass is 261 g/mol. The van der Waals surface area contributed by atoms with E-state index in [0.29, 0.717) is 6.04 Å². The van der Waals surface area contributed by atoms with Crippen LogP contribution in [0.5, 0.6) is 0 Å². The van der Waals surface area contributed by atoms with Gasteiger partial charge in [-0.2, -0.15) is 0 Å². The predicted octanol–water partition coefficient (Wildman–Crippen LogP) is 2.92. The molecule has 1 aromatic heterocycles. The first-order valence-electron chi connectivity index (χ1n) is 7.40. The zero-order chi connectivity index (χ0) is 13.9. The van der Waals surface area contributed by atoms with E-state index in [9.17, 15) is 0 Å². The maximum atomic E-state index is 4.31. The van der Waals surface area contributed by atoms with Gasteiger partial charge >= 0.3 is 0 Å². The summed E-state index contributed by atoms with van der Waals surface area (Å²) in [6, 6.07) is 2.42. The lowest BCUT2D eigenvalue weighted by atomic mass is 9.84. The molecule has 1 saturated heterocycles. The molecule has 3 heteroatoms. The number of hydrogen-bond acceptors (Lipinski definition) is 3. The van der Waals surface area contributed by atoms with Crippen molar-refractivity contribution in [1.82, 2.24) is 15.2 Å². The largest absolute Gasteiger partial charge is 0.311 e. The molecule has 1 aromatic rings. The van der Waals surface area contributed by atoms with E-state index in [-0.39, 0.29) is 5.54 Å². The Balaban J connectivity index is 2.27. The topological polar surface area (TPSA) is 28.2 Å². The van der Waals surface area contributed by atoms with Crippen molar-refractivity contribution < 1.29 is 0 Å². The van der Waals surface area contributed by atoms with Crippen molar-refractivity contribution >= 4 is 0 Å². The van der Waals surface area contributed by atoms with Crippen molar-refractivity contribution in [2.45, 2.75) is 51.6 Å². The molecule has 1 atom stereocenters. The van der Waals surface area contributed by atoms with Gasteiger partial charge in [-0.1, -0.05) is 6.42 Å². The van der Waals surface area contributed by atoms with Gasteiger partial charge in [0.05, 0.1) is 6.04 Å². The molecule has 0 saturated carbocycles. The molecule has 3 nitrogen and oxygen atoms in total. The first kappa shape index (κ1) is 14.5. The van der Waals surface area contributed by atoms with Crippen LogP contribution in [0.2, 0.25) is 0 Å². The smallest absolute Gasteiger partial charge is 0.0517 e. The number of rotatable bonds is 4. The van der Waals surface area contributed by atoms with Gasteiger partial charge in [-0.15, -0.1) is 0 Å². The highest BCUT2D eigenvalue weighted by molar-refractivity contribution is 5.28. The second kappa shape index (κ2) is 6.02.